The van der Waals surface area contributed by atoms with Crippen molar-refractivity contribution in [2.75, 3.05) is 59.5 Å². The second-order valence-corrected chi connectivity index (χ2v) is 7.08. The summed E-state index contributed by atoms with van der Waals surface area (Å²) in [7, 11) is 2.14. The predicted octanol–water partition coefficient (Wildman–Crippen LogP) is 0.413. The molecular weight excluding hydrogens is 266 g/mol. The number of likely N-dealkylation sites (tertiary alicyclic amines) is 1. The third kappa shape index (κ3) is 2.83. The van der Waals surface area contributed by atoms with E-state index in [9.17, 15) is 4.79 Å². The highest BCUT2D eigenvalue weighted by Crippen LogP contribution is 2.40. The van der Waals surface area contributed by atoms with Gasteiger partial charge in [0.1, 0.15) is 0 Å². The summed E-state index contributed by atoms with van der Waals surface area (Å²) in [6.45, 7) is 9.37. The maximum absolute atomic E-state index is 13.2. The largest absolute Gasteiger partial charge is 0.381 e. The van der Waals surface area contributed by atoms with E-state index in [0.29, 0.717) is 17.7 Å². The highest BCUT2D eigenvalue weighted by molar-refractivity contribution is 5.84. The Morgan fingerprint density at radius 1 is 1.43 bits per heavy atom. The van der Waals surface area contributed by atoms with Gasteiger partial charge in [0, 0.05) is 58.4 Å². The van der Waals surface area contributed by atoms with Crippen LogP contribution in [-0.4, -0.2) is 75.2 Å². The molecular formula is C16H29N3O2. The summed E-state index contributed by atoms with van der Waals surface area (Å²) in [5.41, 5.74) is -0.171. The number of rotatable bonds is 4. The zero-order valence-electron chi connectivity index (χ0n) is 13.4. The minimum atomic E-state index is -0.171. The van der Waals surface area contributed by atoms with Crippen LogP contribution in [-0.2, 0) is 9.53 Å². The molecule has 1 amide bonds. The molecule has 0 aliphatic carbocycles. The fraction of sp³-hybridized carbons (Fsp3) is 0.938. The molecule has 0 saturated carbocycles. The van der Waals surface area contributed by atoms with Crippen LogP contribution in [0.3, 0.4) is 0 Å². The molecule has 1 N–H and O–H groups in total. The number of carbonyl (C=O) groups is 1. The maximum Gasteiger partial charge on any atom is 0.231 e. The summed E-state index contributed by atoms with van der Waals surface area (Å²) in [6, 6.07) is 0. The molecule has 5 nitrogen and oxygen atoms in total. The van der Waals surface area contributed by atoms with Gasteiger partial charge in [-0.25, -0.2) is 0 Å². The van der Waals surface area contributed by atoms with E-state index in [4.69, 9.17) is 4.74 Å². The molecule has 3 heterocycles. The van der Waals surface area contributed by atoms with Crippen LogP contribution in [0.1, 0.15) is 19.8 Å². The maximum atomic E-state index is 13.2. The van der Waals surface area contributed by atoms with Gasteiger partial charge in [-0.2, -0.15) is 0 Å². The number of carbonyl (C=O) groups excluding carboxylic acids is 1. The monoisotopic (exact) mass is 295 g/mol. The van der Waals surface area contributed by atoms with Gasteiger partial charge in [0.05, 0.1) is 5.41 Å². The molecule has 3 rings (SSSR count). The number of nitrogens with one attached hydrogen (secondary N) is 1. The lowest BCUT2D eigenvalue weighted by Crippen LogP contribution is -2.50. The van der Waals surface area contributed by atoms with Crippen molar-refractivity contribution in [3.8, 4) is 0 Å². The highest BCUT2D eigenvalue weighted by Gasteiger charge is 2.55. The summed E-state index contributed by atoms with van der Waals surface area (Å²) in [6.07, 6.45) is 2.19. The van der Waals surface area contributed by atoms with E-state index in [-0.39, 0.29) is 5.41 Å². The second kappa shape index (κ2) is 6.23. The molecule has 3 fully saturated rings. The van der Waals surface area contributed by atoms with Crippen LogP contribution in [0.25, 0.3) is 0 Å². The third-order valence-corrected chi connectivity index (χ3v) is 5.61. The summed E-state index contributed by atoms with van der Waals surface area (Å²) in [4.78, 5) is 17.7. The van der Waals surface area contributed by atoms with Crippen LogP contribution in [0.4, 0.5) is 0 Å². The van der Waals surface area contributed by atoms with Gasteiger partial charge in [0.25, 0.3) is 0 Å². The fourth-order valence-corrected chi connectivity index (χ4v) is 4.38. The molecule has 120 valence electrons. The van der Waals surface area contributed by atoms with Crippen LogP contribution in [0.5, 0.6) is 0 Å². The van der Waals surface area contributed by atoms with Gasteiger partial charge >= 0.3 is 0 Å². The molecule has 0 spiro atoms. The van der Waals surface area contributed by atoms with E-state index >= 15 is 0 Å². The van der Waals surface area contributed by atoms with Crippen LogP contribution >= 0.6 is 0 Å². The smallest absolute Gasteiger partial charge is 0.231 e. The normalized spacial score (nSPS) is 34.1. The van der Waals surface area contributed by atoms with Crippen molar-refractivity contribution >= 4 is 5.91 Å². The number of nitrogens with zero attached hydrogens (tertiary/aromatic N) is 2. The lowest BCUT2D eigenvalue weighted by molar-refractivity contribution is -0.142. The quantitative estimate of drug-likeness (QED) is 0.816. The van der Waals surface area contributed by atoms with Crippen molar-refractivity contribution in [3.63, 3.8) is 0 Å². The van der Waals surface area contributed by atoms with Crippen molar-refractivity contribution in [2.45, 2.75) is 19.8 Å². The van der Waals surface area contributed by atoms with E-state index in [1.54, 1.807) is 0 Å². The minimum Gasteiger partial charge on any atom is -0.381 e. The first kappa shape index (κ1) is 15.3. The predicted molar refractivity (Wildman–Crippen MR) is 82.1 cm³/mol. The van der Waals surface area contributed by atoms with Crippen molar-refractivity contribution in [1.82, 2.24) is 15.1 Å². The Morgan fingerprint density at radius 2 is 2.19 bits per heavy atom. The number of hydrogen-bond acceptors (Lipinski definition) is 4. The first-order chi connectivity index (χ1) is 10.2. The van der Waals surface area contributed by atoms with Gasteiger partial charge in [-0.05, 0) is 32.7 Å². The fourth-order valence-electron chi connectivity index (χ4n) is 4.38. The summed E-state index contributed by atoms with van der Waals surface area (Å²) in [5, 5.41) is 3.46. The summed E-state index contributed by atoms with van der Waals surface area (Å²) < 4.78 is 5.44. The van der Waals surface area contributed by atoms with Gasteiger partial charge in [-0.15, -0.1) is 0 Å². The van der Waals surface area contributed by atoms with Crippen molar-refractivity contribution in [2.24, 2.45) is 17.3 Å². The zero-order valence-corrected chi connectivity index (χ0v) is 13.4. The Morgan fingerprint density at radius 3 is 2.90 bits per heavy atom. The first-order valence-corrected chi connectivity index (χ1v) is 8.42. The van der Waals surface area contributed by atoms with Gasteiger partial charge in [-0.1, -0.05) is 0 Å². The molecule has 3 aliphatic rings. The average molecular weight is 295 g/mol. The number of amides is 1. The molecule has 3 aliphatic heterocycles. The Labute approximate surface area is 128 Å². The van der Waals surface area contributed by atoms with E-state index in [0.717, 1.165) is 65.3 Å². The van der Waals surface area contributed by atoms with Crippen LogP contribution in [0.15, 0.2) is 0 Å². The zero-order chi connectivity index (χ0) is 14.9. The Kier molecular flexibility index (Phi) is 4.52. The van der Waals surface area contributed by atoms with Gasteiger partial charge < -0.3 is 19.9 Å². The Balaban J connectivity index is 1.69. The minimum absolute atomic E-state index is 0.171. The average Bonchev–Trinajstić information content (AvgIpc) is 3.01. The van der Waals surface area contributed by atoms with Crippen molar-refractivity contribution in [1.29, 1.82) is 0 Å². The standard InChI is InChI=1S/C16H29N3O2/c1-3-19(9-13-4-6-21-7-5-13)15(20)16-11-17-8-14(16)10-18(2)12-16/h13-14,17H,3-12H2,1-2H3/t14-,16-/m1/s1. The van der Waals surface area contributed by atoms with E-state index in [1.807, 2.05) is 0 Å². The van der Waals surface area contributed by atoms with E-state index in [1.165, 1.54) is 0 Å². The van der Waals surface area contributed by atoms with E-state index in [2.05, 4.69) is 29.1 Å². The molecule has 21 heavy (non-hydrogen) atoms. The summed E-state index contributed by atoms with van der Waals surface area (Å²) >= 11 is 0. The van der Waals surface area contributed by atoms with E-state index < -0.39 is 0 Å². The molecule has 0 aromatic carbocycles. The number of hydrogen-bond donors (Lipinski definition) is 1. The third-order valence-electron chi connectivity index (χ3n) is 5.61. The first-order valence-electron chi connectivity index (χ1n) is 8.42. The topological polar surface area (TPSA) is 44.8 Å². The summed E-state index contributed by atoms with van der Waals surface area (Å²) in [5.74, 6) is 1.49. The van der Waals surface area contributed by atoms with Crippen molar-refractivity contribution in [3.05, 3.63) is 0 Å². The van der Waals surface area contributed by atoms with Crippen molar-refractivity contribution < 1.29 is 9.53 Å². The molecule has 3 saturated heterocycles. The molecule has 0 bridgehead atoms. The lowest BCUT2D eigenvalue weighted by Gasteiger charge is -2.36. The number of fused-ring (bicyclic) bond motifs is 1. The number of ether oxygens (including phenoxy) is 1. The molecule has 0 aromatic rings. The molecule has 0 aromatic heterocycles. The van der Waals surface area contributed by atoms with Crippen LogP contribution in [0, 0.1) is 17.3 Å². The Bertz CT molecular complexity index is 384. The molecule has 5 heteroatoms. The van der Waals surface area contributed by atoms with Crippen LogP contribution in [0.2, 0.25) is 0 Å². The highest BCUT2D eigenvalue weighted by atomic mass is 16.5. The Hall–Kier alpha value is -0.650. The molecule has 2 atom stereocenters. The van der Waals surface area contributed by atoms with Gasteiger partial charge in [-0.3, -0.25) is 4.79 Å². The van der Waals surface area contributed by atoms with Gasteiger partial charge in [0.15, 0.2) is 0 Å². The molecule has 0 unspecified atom stereocenters. The van der Waals surface area contributed by atoms with Gasteiger partial charge in [0.2, 0.25) is 5.91 Å². The van der Waals surface area contributed by atoms with Crippen LogP contribution < -0.4 is 5.32 Å². The SMILES string of the molecule is CCN(CC1CCOCC1)C(=O)[C@@]12CNC[C@@H]1CN(C)C2. The second-order valence-electron chi connectivity index (χ2n) is 7.08. The molecule has 0 radical (unpaired) electrons. The lowest BCUT2D eigenvalue weighted by atomic mass is 9.79.